The lowest BCUT2D eigenvalue weighted by Gasteiger charge is -2.31. The molecule has 1 aliphatic rings. The fraction of sp³-hybridized carbons (Fsp3) is 0.312. The maximum atomic E-state index is 13.5. The smallest absolute Gasteiger partial charge is 0.414 e. The van der Waals surface area contributed by atoms with Crippen LogP contribution in [0.4, 0.5) is 22.0 Å². The van der Waals surface area contributed by atoms with Crippen molar-refractivity contribution in [2.45, 2.75) is 38.3 Å². The number of amides is 3. The number of aromatic nitrogens is 1. The number of carbonyl (C=O) groups excluding carboxylic acids is 3. The third-order valence-electron chi connectivity index (χ3n) is 7.70. The van der Waals surface area contributed by atoms with Crippen molar-refractivity contribution in [2.24, 2.45) is 5.92 Å². The van der Waals surface area contributed by atoms with E-state index in [4.69, 9.17) is 9.15 Å². The van der Waals surface area contributed by atoms with E-state index < -0.39 is 12.0 Å². The molecule has 10 heteroatoms. The monoisotopic (exact) mass is 569 g/mol. The highest BCUT2D eigenvalue weighted by atomic mass is 16.6. The first-order valence-electron chi connectivity index (χ1n) is 14.0. The van der Waals surface area contributed by atoms with Gasteiger partial charge in [0.2, 0.25) is 11.7 Å². The van der Waals surface area contributed by atoms with E-state index in [1.165, 1.54) is 4.90 Å². The molecule has 0 bridgehead atoms. The molecule has 0 atom stereocenters. The Morgan fingerprint density at radius 3 is 2.36 bits per heavy atom. The minimum atomic E-state index is -0.548. The van der Waals surface area contributed by atoms with E-state index in [9.17, 15) is 14.4 Å². The molecule has 0 spiro atoms. The van der Waals surface area contributed by atoms with Crippen LogP contribution in [-0.4, -0.2) is 55.0 Å². The summed E-state index contributed by atoms with van der Waals surface area (Å²) in [7, 11) is 5.72. The molecule has 5 rings (SSSR count). The molecule has 0 unspecified atom stereocenters. The number of nitrogens with one attached hydrogen (secondary N) is 2. The molecule has 2 heterocycles. The Bertz CT molecular complexity index is 1550. The van der Waals surface area contributed by atoms with Gasteiger partial charge in [0.05, 0.1) is 0 Å². The number of anilines is 3. The van der Waals surface area contributed by atoms with E-state index in [2.05, 4.69) is 34.6 Å². The van der Waals surface area contributed by atoms with Gasteiger partial charge in [-0.15, -0.1) is 0 Å². The molecule has 1 aliphatic carbocycles. The zero-order chi connectivity index (χ0) is 29.6. The first-order chi connectivity index (χ1) is 20.3. The van der Waals surface area contributed by atoms with Crippen LogP contribution in [0.5, 0.6) is 0 Å². The van der Waals surface area contributed by atoms with Crippen LogP contribution in [0.1, 0.15) is 41.8 Å². The SMILES string of the molecule is CN(C(=O)OCc1ccccc1)c1ccc2oc(C(=O)Nc3ccccn3)c(NC(=O)C3CCC(N(C)C)CC3)c2c1. The number of fused-ring (bicyclic) bond motifs is 1. The standard InChI is InChI=1S/C32H35N5O5/c1-36(2)23-14-12-22(13-15-23)30(38)35-28-25-19-24(37(3)32(40)41-20-21-9-5-4-6-10-21)16-17-26(25)42-29(28)31(39)34-27-11-7-8-18-33-27/h4-11,16-19,22-23H,12-15,20H2,1-3H3,(H,35,38)(H,33,34,39). The van der Waals surface area contributed by atoms with Crippen LogP contribution in [-0.2, 0) is 16.1 Å². The minimum Gasteiger partial charge on any atom is -0.449 e. The van der Waals surface area contributed by atoms with E-state index in [1.54, 1.807) is 49.6 Å². The third kappa shape index (κ3) is 6.60. The van der Waals surface area contributed by atoms with Gasteiger partial charge < -0.3 is 24.7 Å². The summed E-state index contributed by atoms with van der Waals surface area (Å²) in [5.74, 6) is -0.588. The summed E-state index contributed by atoms with van der Waals surface area (Å²) < 4.78 is 11.5. The lowest BCUT2D eigenvalue weighted by atomic mass is 9.85. The van der Waals surface area contributed by atoms with Crippen molar-refractivity contribution >= 4 is 46.1 Å². The van der Waals surface area contributed by atoms with Crippen molar-refractivity contribution in [3.05, 3.63) is 84.3 Å². The van der Waals surface area contributed by atoms with Crippen LogP contribution in [0, 0.1) is 5.92 Å². The average molecular weight is 570 g/mol. The molecule has 42 heavy (non-hydrogen) atoms. The summed E-state index contributed by atoms with van der Waals surface area (Å²) in [5, 5.41) is 6.22. The van der Waals surface area contributed by atoms with E-state index in [-0.39, 0.29) is 29.9 Å². The molecule has 2 N–H and O–H groups in total. The predicted molar refractivity (Wildman–Crippen MR) is 161 cm³/mol. The van der Waals surface area contributed by atoms with Crippen LogP contribution in [0.25, 0.3) is 11.0 Å². The van der Waals surface area contributed by atoms with E-state index in [0.717, 1.165) is 31.2 Å². The Labute approximate surface area is 244 Å². The summed E-state index contributed by atoms with van der Waals surface area (Å²) in [4.78, 5) is 47.4. The lowest BCUT2D eigenvalue weighted by Crippen LogP contribution is -2.35. The van der Waals surface area contributed by atoms with Gasteiger partial charge in [-0.1, -0.05) is 36.4 Å². The predicted octanol–water partition coefficient (Wildman–Crippen LogP) is 5.91. The Morgan fingerprint density at radius 1 is 0.929 bits per heavy atom. The molecule has 0 aliphatic heterocycles. The molecule has 1 fully saturated rings. The minimum absolute atomic E-state index is 0.0440. The van der Waals surface area contributed by atoms with E-state index in [0.29, 0.717) is 28.5 Å². The van der Waals surface area contributed by atoms with Crippen molar-refractivity contribution in [3.63, 3.8) is 0 Å². The molecule has 218 valence electrons. The third-order valence-corrected chi connectivity index (χ3v) is 7.70. The fourth-order valence-corrected chi connectivity index (χ4v) is 5.19. The molecule has 1 saturated carbocycles. The van der Waals surface area contributed by atoms with Crippen molar-refractivity contribution in [3.8, 4) is 0 Å². The van der Waals surface area contributed by atoms with Gasteiger partial charge in [0, 0.05) is 36.3 Å². The second kappa shape index (κ2) is 12.9. The van der Waals surface area contributed by atoms with Crippen LogP contribution in [0.2, 0.25) is 0 Å². The van der Waals surface area contributed by atoms with Crippen LogP contribution < -0.4 is 15.5 Å². The molecule has 3 amide bonds. The number of rotatable bonds is 8. The van der Waals surface area contributed by atoms with Gasteiger partial charge in [-0.05, 0) is 75.7 Å². The maximum absolute atomic E-state index is 13.5. The molecule has 2 aromatic heterocycles. The van der Waals surface area contributed by atoms with Crippen LogP contribution >= 0.6 is 0 Å². The van der Waals surface area contributed by atoms with Gasteiger partial charge in [-0.25, -0.2) is 9.78 Å². The fourth-order valence-electron chi connectivity index (χ4n) is 5.19. The van der Waals surface area contributed by atoms with E-state index >= 15 is 0 Å². The van der Waals surface area contributed by atoms with Gasteiger partial charge in [-0.2, -0.15) is 0 Å². The molecule has 4 aromatic rings. The molecule has 2 aromatic carbocycles. The molecular weight excluding hydrogens is 534 g/mol. The van der Waals surface area contributed by atoms with Crippen LogP contribution in [0.15, 0.2) is 77.3 Å². The number of pyridine rings is 1. The number of ether oxygens (including phenoxy) is 1. The summed E-state index contributed by atoms with van der Waals surface area (Å²) in [6.07, 6.45) is 4.37. The highest BCUT2D eigenvalue weighted by Gasteiger charge is 2.30. The zero-order valence-corrected chi connectivity index (χ0v) is 24.0. The Morgan fingerprint density at radius 2 is 1.67 bits per heavy atom. The van der Waals surface area contributed by atoms with Gasteiger partial charge >= 0.3 is 6.09 Å². The summed E-state index contributed by atoms with van der Waals surface area (Å²) in [5.41, 5.74) is 2.03. The van der Waals surface area contributed by atoms with Crippen molar-refractivity contribution in [1.82, 2.24) is 9.88 Å². The first kappa shape index (κ1) is 28.8. The number of hydrogen-bond donors (Lipinski definition) is 2. The number of hydrogen-bond acceptors (Lipinski definition) is 7. The van der Waals surface area contributed by atoms with Gasteiger partial charge in [0.25, 0.3) is 5.91 Å². The number of furan rings is 1. The Balaban J connectivity index is 1.41. The summed E-state index contributed by atoms with van der Waals surface area (Å²) in [6, 6.07) is 20.1. The number of benzene rings is 2. The molecule has 10 nitrogen and oxygen atoms in total. The Kier molecular flexibility index (Phi) is 8.83. The lowest BCUT2D eigenvalue weighted by molar-refractivity contribution is -0.121. The number of nitrogens with zero attached hydrogens (tertiary/aromatic N) is 3. The second-order valence-corrected chi connectivity index (χ2v) is 10.7. The van der Waals surface area contributed by atoms with Gasteiger partial charge in [-0.3, -0.25) is 14.5 Å². The topological polar surface area (TPSA) is 117 Å². The normalized spacial score (nSPS) is 16.7. The van der Waals surface area contributed by atoms with E-state index in [1.807, 2.05) is 30.3 Å². The summed E-state index contributed by atoms with van der Waals surface area (Å²) >= 11 is 0. The molecule has 0 radical (unpaired) electrons. The van der Waals surface area contributed by atoms with Crippen LogP contribution in [0.3, 0.4) is 0 Å². The van der Waals surface area contributed by atoms with Gasteiger partial charge in [0.1, 0.15) is 23.7 Å². The highest BCUT2D eigenvalue weighted by Crippen LogP contribution is 2.36. The largest absolute Gasteiger partial charge is 0.449 e. The second-order valence-electron chi connectivity index (χ2n) is 10.7. The summed E-state index contributed by atoms with van der Waals surface area (Å²) in [6.45, 7) is 0.132. The molecular formula is C32H35N5O5. The van der Waals surface area contributed by atoms with Crippen molar-refractivity contribution in [1.29, 1.82) is 0 Å². The molecule has 0 saturated heterocycles. The van der Waals surface area contributed by atoms with Gasteiger partial charge in [0.15, 0.2) is 0 Å². The first-order valence-corrected chi connectivity index (χ1v) is 14.0. The Hall–Kier alpha value is -4.70. The quantitative estimate of drug-likeness (QED) is 0.271. The number of carbonyl (C=O) groups is 3. The average Bonchev–Trinajstić information content (AvgIpc) is 3.38. The zero-order valence-electron chi connectivity index (χ0n) is 24.0. The van der Waals surface area contributed by atoms with Crippen molar-refractivity contribution < 1.29 is 23.5 Å². The highest BCUT2D eigenvalue weighted by molar-refractivity contribution is 6.15. The maximum Gasteiger partial charge on any atom is 0.414 e. The van der Waals surface area contributed by atoms with Crippen molar-refractivity contribution in [2.75, 3.05) is 36.7 Å².